The van der Waals surface area contributed by atoms with Crippen molar-refractivity contribution in [2.45, 2.75) is 6.92 Å². The second kappa shape index (κ2) is 5.23. The van der Waals surface area contributed by atoms with Crippen molar-refractivity contribution in [3.8, 4) is 11.1 Å². The maximum absolute atomic E-state index is 3.59. The summed E-state index contributed by atoms with van der Waals surface area (Å²) in [6.07, 6.45) is 0. The molecule has 4 rings (SSSR count). The molecule has 2 N–H and O–H groups in total. The van der Waals surface area contributed by atoms with Crippen molar-refractivity contribution in [3.63, 3.8) is 0 Å². The molecule has 0 radical (unpaired) electrons. The predicted octanol–water partition coefficient (Wildman–Crippen LogP) is 5.42. The largest absolute Gasteiger partial charge is 0.385 e. The summed E-state index contributed by atoms with van der Waals surface area (Å²) in [5, 5.41) is 6.01. The van der Waals surface area contributed by atoms with Gasteiger partial charge in [0, 0.05) is 39.6 Å². The highest BCUT2D eigenvalue weighted by molar-refractivity contribution is 6.12. The second-order valence-corrected chi connectivity index (χ2v) is 5.47. The molecule has 0 fully saturated rings. The summed E-state index contributed by atoms with van der Waals surface area (Å²) in [5.74, 6) is 0. The number of para-hydroxylation sites is 3. The average molecular weight is 286 g/mol. The molecule has 0 spiro atoms. The van der Waals surface area contributed by atoms with E-state index in [4.69, 9.17) is 0 Å². The van der Waals surface area contributed by atoms with Crippen LogP contribution in [0.4, 0.5) is 5.69 Å². The van der Waals surface area contributed by atoms with Crippen LogP contribution in [0.5, 0.6) is 0 Å². The average Bonchev–Trinajstić information content (AvgIpc) is 2.94. The van der Waals surface area contributed by atoms with Gasteiger partial charge in [-0.05, 0) is 19.1 Å². The number of hydrogen-bond acceptors (Lipinski definition) is 1. The van der Waals surface area contributed by atoms with Gasteiger partial charge < -0.3 is 10.3 Å². The van der Waals surface area contributed by atoms with Crippen LogP contribution >= 0.6 is 0 Å². The van der Waals surface area contributed by atoms with E-state index in [1.54, 1.807) is 0 Å². The van der Waals surface area contributed by atoms with Gasteiger partial charge in [-0.15, -0.1) is 0 Å². The van der Waals surface area contributed by atoms with Crippen molar-refractivity contribution in [1.82, 2.24) is 4.98 Å². The standard InChI is InChI=1S/C20H18N2/c1-2-21-18-12-5-3-8-14(18)16-10-7-11-17-15-9-4-6-13-19(15)22-20(16)17/h3-13,21-22H,2H2,1H3. The fourth-order valence-electron chi connectivity index (χ4n) is 3.16. The third kappa shape index (κ3) is 1.96. The number of fused-ring (bicyclic) bond motifs is 3. The van der Waals surface area contributed by atoms with Gasteiger partial charge in [-0.25, -0.2) is 0 Å². The second-order valence-electron chi connectivity index (χ2n) is 5.47. The highest BCUT2D eigenvalue weighted by atomic mass is 14.9. The summed E-state index contributed by atoms with van der Waals surface area (Å²) in [6.45, 7) is 3.04. The monoisotopic (exact) mass is 286 g/mol. The van der Waals surface area contributed by atoms with Gasteiger partial charge in [0.1, 0.15) is 0 Å². The number of aromatic amines is 1. The molecule has 1 heterocycles. The summed E-state index contributed by atoms with van der Waals surface area (Å²) in [6, 6.07) is 23.5. The molecule has 0 bridgehead atoms. The molecule has 0 unspecified atom stereocenters. The van der Waals surface area contributed by atoms with E-state index in [1.165, 1.54) is 38.6 Å². The molecule has 0 aliphatic heterocycles. The van der Waals surface area contributed by atoms with Crippen LogP contribution in [0, 0.1) is 0 Å². The first-order valence-electron chi connectivity index (χ1n) is 7.71. The fourth-order valence-corrected chi connectivity index (χ4v) is 3.16. The van der Waals surface area contributed by atoms with Crippen molar-refractivity contribution in [2.75, 3.05) is 11.9 Å². The molecule has 22 heavy (non-hydrogen) atoms. The van der Waals surface area contributed by atoms with E-state index in [1.807, 2.05) is 0 Å². The molecule has 0 aliphatic carbocycles. The summed E-state index contributed by atoms with van der Waals surface area (Å²) in [7, 11) is 0. The summed E-state index contributed by atoms with van der Waals surface area (Å²) >= 11 is 0. The van der Waals surface area contributed by atoms with E-state index in [2.05, 4.69) is 84.0 Å². The Balaban J connectivity index is 2.03. The van der Waals surface area contributed by atoms with Gasteiger partial charge in [0.15, 0.2) is 0 Å². The van der Waals surface area contributed by atoms with Gasteiger partial charge >= 0.3 is 0 Å². The zero-order chi connectivity index (χ0) is 14.9. The van der Waals surface area contributed by atoms with Crippen molar-refractivity contribution in [1.29, 1.82) is 0 Å². The molecular formula is C20H18N2. The van der Waals surface area contributed by atoms with Crippen LogP contribution in [0.15, 0.2) is 66.7 Å². The number of anilines is 1. The van der Waals surface area contributed by atoms with E-state index < -0.39 is 0 Å². The molecule has 4 aromatic rings. The minimum absolute atomic E-state index is 0.916. The normalized spacial score (nSPS) is 11.1. The van der Waals surface area contributed by atoms with Crippen LogP contribution in [-0.2, 0) is 0 Å². The van der Waals surface area contributed by atoms with Gasteiger partial charge in [0.05, 0.1) is 5.52 Å². The molecule has 0 saturated carbocycles. The van der Waals surface area contributed by atoms with E-state index in [9.17, 15) is 0 Å². The van der Waals surface area contributed by atoms with Crippen LogP contribution in [-0.4, -0.2) is 11.5 Å². The lowest BCUT2D eigenvalue weighted by molar-refractivity contribution is 1.21. The molecule has 0 atom stereocenters. The van der Waals surface area contributed by atoms with Crippen LogP contribution in [0.3, 0.4) is 0 Å². The summed E-state index contributed by atoms with van der Waals surface area (Å²) < 4.78 is 0. The molecule has 0 amide bonds. The number of benzene rings is 3. The molecule has 0 saturated heterocycles. The highest BCUT2D eigenvalue weighted by Crippen LogP contribution is 2.36. The molecule has 3 aromatic carbocycles. The quantitative estimate of drug-likeness (QED) is 0.517. The topological polar surface area (TPSA) is 27.8 Å². The first kappa shape index (κ1) is 13.0. The summed E-state index contributed by atoms with van der Waals surface area (Å²) in [4.78, 5) is 3.59. The van der Waals surface area contributed by atoms with Gasteiger partial charge in [0.2, 0.25) is 0 Å². The SMILES string of the molecule is CCNc1ccccc1-c1cccc2c1[nH]c1ccccc12. The lowest BCUT2D eigenvalue weighted by Gasteiger charge is -2.11. The Bertz CT molecular complexity index is 950. The van der Waals surface area contributed by atoms with E-state index in [0.29, 0.717) is 0 Å². The zero-order valence-corrected chi connectivity index (χ0v) is 12.6. The summed E-state index contributed by atoms with van der Waals surface area (Å²) in [5.41, 5.74) is 6.04. The zero-order valence-electron chi connectivity index (χ0n) is 12.6. The minimum atomic E-state index is 0.916. The van der Waals surface area contributed by atoms with Crippen LogP contribution < -0.4 is 5.32 Å². The molecular weight excluding hydrogens is 268 g/mol. The van der Waals surface area contributed by atoms with Crippen molar-refractivity contribution in [3.05, 3.63) is 66.7 Å². The number of aromatic nitrogens is 1. The maximum Gasteiger partial charge on any atom is 0.0545 e. The molecule has 2 heteroatoms. The third-order valence-electron chi connectivity index (χ3n) is 4.13. The molecule has 108 valence electrons. The van der Waals surface area contributed by atoms with Crippen LogP contribution in [0.25, 0.3) is 32.9 Å². The first-order chi connectivity index (χ1) is 10.9. The third-order valence-corrected chi connectivity index (χ3v) is 4.13. The lowest BCUT2D eigenvalue weighted by atomic mass is 10.0. The molecule has 2 nitrogen and oxygen atoms in total. The Morgan fingerprint density at radius 1 is 0.773 bits per heavy atom. The van der Waals surface area contributed by atoms with E-state index >= 15 is 0 Å². The number of nitrogens with one attached hydrogen (secondary N) is 2. The lowest BCUT2D eigenvalue weighted by Crippen LogP contribution is -1.98. The van der Waals surface area contributed by atoms with Crippen LogP contribution in [0.2, 0.25) is 0 Å². The van der Waals surface area contributed by atoms with Gasteiger partial charge in [-0.3, -0.25) is 0 Å². The molecule has 0 aliphatic rings. The first-order valence-corrected chi connectivity index (χ1v) is 7.71. The van der Waals surface area contributed by atoms with Crippen molar-refractivity contribution >= 4 is 27.5 Å². The number of rotatable bonds is 3. The van der Waals surface area contributed by atoms with Gasteiger partial charge in [-0.1, -0.05) is 54.6 Å². The Kier molecular flexibility index (Phi) is 3.08. The Morgan fingerprint density at radius 2 is 1.50 bits per heavy atom. The molecule has 1 aromatic heterocycles. The minimum Gasteiger partial charge on any atom is -0.385 e. The number of hydrogen-bond donors (Lipinski definition) is 2. The maximum atomic E-state index is 3.59. The Morgan fingerprint density at radius 3 is 2.41 bits per heavy atom. The Labute approximate surface area is 129 Å². The fraction of sp³-hybridized carbons (Fsp3) is 0.100. The van der Waals surface area contributed by atoms with Gasteiger partial charge in [0.25, 0.3) is 0 Å². The van der Waals surface area contributed by atoms with Gasteiger partial charge in [-0.2, -0.15) is 0 Å². The van der Waals surface area contributed by atoms with Crippen molar-refractivity contribution in [2.24, 2.45) is 0 Å². The smallest absolute Gasteiger partial charge is 0.0545 e. The highest BCUT2D eigenvalue weighted by Gasteiger charge is 2.11. The Hall–Kier alpha value is -2.74. The van der Waals surface area contributed by atoms with E-state index in [0.717, 1.165) is 6.54 Å². The van der Waals surface area contributed by atoms with Crippen molar-refractivity contribution < 1.29 is 0 Å². The number of H-pyrrole nitrogens is 1. The van der Waals surface area contributed by atoms with E-state index in [-0.39, 0.29) is 0 Å². The van der Waals surface area contributed by atoms with Crippen LogP contribution in [0.1, 0.15) is 6.92 Å². The predicted molar refractivity (Wildman–Crippen MR) is 95.4 cm³/mol.